The third-order valence-electron chi connectivity index (χ3n) is 3.62. The first-order valence-electron chi connectivity index (χ1n) is 7.40. The zero-order chi connectivity index (χ0) is 15.0. The number of nitrogens with one attached hydrogen (secondary N) is 1. The molecule has 0 spiro atoms. The molecule has 20 heavy (non-hydrogen) atoms. The molecule has 0 radical (unpaired) electrons. The van der Waals surface area contributed by atoms with Crippen LogP contribution >= 0.6 is 11.8 Å². The second-order valence-corrected chi connectivity index (χ2v) is 6.55. The molecular weight excluding hydrogens is 278 g/mol. The zero-order valence-electron chi connectivity index (χ0n) is 12.4. The van der Waals surface area contributed by atoms with Gasteiger partial charge in [-0.3, -0.25) is 4.79 Å². The molecule has 3 unspecified atom stereocenters. The summed E-state index contributed by atoms with van der Waals surface area (Å²) in [6.07, 6.45) is 2.86. The molecule has 1 fully saturated rings. The van der Waals surface area contributed by atoms with E-state index in [0.717, 1.165) is 32.2 Å². The number of thioether (sulfide) groups is 1. The van der Waals surface area contributed by atoms with Crippen LogP contribution in [0.5, 0.6) is 0 Å². The molecule has 0 aromatic carbocycles. The van der Waals surface area contributed by atoms with Gasteiger partial charge in [0.15, 0.2) is 0 Å². The fourth-order valence-electron chi connectivity index (χ4n) is 2.69. The minimum absolute atomic E-state index is 0.158. The summed E-state index contributed by atoms with van der Waals surface area (Å²) < 4.78 is 5.23. The number of aliphatic hydroxyl groups is 2. The lowest BCUT2D eigenvalue weighted by molar-refractivity contribution is -0.152. The number of carbonyl (C=O) groups is 1. The van der Waals surface area contributed by atoms with Crippen LogP contribution in [0.1, 0.15) is 39.5 Å². The van der Waals surface area contributed by atoms with Crippen molar-refractivity contribution < 1.29 is 19.7 Å². The highest BCUT2D eigenvalue weighted by atomic mass is 32.2. The Bertz CT molecular complexity index is 299. The molecule has 1 aliphatic rings. The Labute approximate surface area is 125 Å². The van der Waals surface area contributed by atoms with Crippen LogP contribution in [0.3, 0.4) is 0 Å². The fraction of sp³-hybridized carbons (Fsp3) is 0.929. The van der Waals surface area contributed by atoms with E-state index in [1.54, 1.807) is 11.8 Å². The summed E-state index contributed by atoms with van der Waals surface area (Å²) >= 11 is 1.64. The molecule has 3 atom stereocenters. The van der Waals surface area contributed by atoms with Gasteiger partial charge < -0.3 is 20.3 Å². The first kappa shape index (κ1) is 17.8. The number of carbonyl (C=O) groups excluding carboxylic acids is 1. The standard InChI is InChI=1S/C14H27NO4S/c1-3-15-14(13(18)19-4-2)7-5-6-12(8-14)20-10-11(17)9-16/h11-12,15-17H,3-10H2,1-2H3. The molecular formula is C14H27NO4S. The highest BCUT2D eigenvalue weighted by molar-refractivity contribution is 7.99. The first-order valence-corrected chi connectivity index (χ1v) is 8.45. The van der Waals surface area contributed by atoms with Crippen molar-refractivity contribution >= 4 is 17.7 Å². The summed E-state index contributed by atoms with van der Waals surface area (Å²) in [7, 11) is 0. The minimum atomic E-state index is -0.682. The van der Waals surface area contributed by atoms with Gasteiger partial charge in [-0.05, 0) is 39.2 Å². The first-order chi connectivity index (χ1) is 9.57. The van der Waals surface area contributed by atoms with E-state index < -0.39 is 11.6 Å². The molecule has 5 nitrogen and oxygen atoms in total. The molecule has 1 rings (SSSR count). The summed E-state index contributed by atoms with van der Waals surface area (Å²) in [5.74, 6) is 0.349. The second kappa shape index (κ2) is 8.87. The Morgan fingerprint density at radius 3 is 2.90 bits per heavy atom. The van der Waals surface area contributed by atoms with E-state index >= 15 is 0 Å². The van der Waals surface area contributed by atoms with Gasteiger partial charge in [0, 0.05) is 11.0 Å². The fourth-order valence-corrected chi connectivity index (χ4v) is 4.03. The number of ether oxygens (including phenoxy) is 1. The van der Waals surface area contributed by atoms with Crippen LogP contribution in [0.25, 0.3) is 0 Å². The van der Waals surface area contributed by atoms with Crippen LogP contribution in [0.4, 0.5) is 0 Å². The number of hydrogen-bond acceptors (Lipinski definition) is 6. The maximum Gasteiger partial charge on any atom is 0.326 e. The van der Waals surface area contributed by atoms with E-state index in [9.17, 15) is 9.90 Å². The third kappa shape index (κ3) is 4.91. The average molecular weight is 305 g/mol. The highest BCUT2D eigenvalue weighted by Crippen LogP contribution is 2.36. The average Bonchev–Trinajstić information content (AvgIpc) is 2.45. The highest BCUT2D eigenvalue weighted by Gasteiger charge is 2.43. The van der Waals surface area contributed by atoms with Crippen molar-refractivity contribution in [2.45, 2.75) is 56.4 Å². The summed E-state index contributed by atoms with van der Waals surface area (Å²) in [5, 5.41) is 21.9. The maximum atomic E-state index is 12.3. The predicted octanol–water partition coefficient (Wildman–Crippen LogP) is 0.927. The van der Waals surface area contributed by atoms with Crippen LogP contribution in [0.15, 0.2) is 0 Å². The lowest BCUT2D eigenvalue weighted by atomic mass is 9.81. The molecule has 0 aromatic rings. The monoisotopic (exact) mass is 305 g/mol. The summed E-state index contributed by atoms with van der Waals surface area (Å²) in [5.41, 5.74) is -0.579. The van der Waals surface area contributed by atoms with Crippen LogP contribution in [0.2, 0.25) is 0 Å². The van der Waals surface area contributed by atoms with Crippen molar-refractivity contribution in [1.29, 1.82) is 0 Å². The van der Waals surface area contributed by atoms with E-state index in [1.165, 1.54) is 0 Å². The van der Waals surface area contributed by atoms with Crippen molar-refractivity contribution in [3.05, 3.63) is 0 Å². The van der Waals surface area contributed by atoms with Crippen molar-refractivity contribution in [2.24, 2.45) is 0 Å². The molecule has 0 aromatic heterocycles. The van der Waals surface area contributed by atoms with Crippen LogP contribution < -0.4 is 5.32 Å². The van der Waals surface area contributed by atoms with Gasteiger partial charge in [0.25, 0.3) is 0 Å². The maximum absolute atomic E-state index is 12.3. The predicted molar refractivity (Wildman–Crippen MR) is 80.8 cm³/mol. The molecule has 0 aliphatic heterocycles. The van der Waals surface area contributed by atoms with Crippen molar-refractivity contribution in [3.63, 3.8) is 0 Å². The van der Waals surface area contributed by atoms with E-state index in [-0.39, 0.29) is 12.6 Å². The molecule has 0 saturated heterocycles. The number of rotatable bonds is 8. The van der Waals surface area contributed by atoms with Crippen LogP contribution in [0, 0.1) is 0 Å². The normalized spacial score (nSPS) is 28.1. The van der Waals surface area contributed by atoms with Gasteiger partial charge >= 0.3 is 5.97 Å². The quantitative estimate of drug-likeness (QED) is 0.579. The van der Waals surface area contributed by atoms with Crippen molar-refractivity contribution in [3.8, 4) is 0 Å². The summed E-state index contributed by atoms with van der Waals surface area (Å²) in [4.78, 5) is 12.3. The molecule has 0 bridgehead atoms. The Morgan fingerprint density at radius 1 is 1.55 bits per heavy atom. The molecule has 1 aliphatic carbocycles. The second-order valence-electron chi connectivity index (χ2n) is 5.22. The summed E-state index contributed by atoms with van der Waals surface area (Å²) in [6, 6.07) is 0. The Kier molecular flexibility index (Phi) is 7.87. The molecule has 118 valence electrons. The van der Waals surface area contributed by atoms with Crippen LogP contribution in [-0.4, -0.2) is 58.6 Å². The number of esters is 1. The van der Waals surface area contributed by atoms with Gasteiger partial charge in [-0.1, -0.05) is 6.92 Å². The van der Waals surface area contributed by atoms with E-state index in [1.807, 2.05) is 13.8 Å². The summed E-state index contributed by atoms with van der Waals surface area (Å²) in [6.45, 7) is 4.73. The minimum Gasteiger partial charge on any atom is -0.465 e. The Morgan fingerprint density at radius 2 is 2.30 bits per heavy atom. The van der Waals surface area contributed by atoms with E-state index in [2.05, 4.69) is 5.32 Å². The van der Waals surface area contributed by atoms with Gasteiger partial charge in [0.05, 0.1) is 19.3 Å². The molecule has 1 saturated carbocycles. The van der Waals surface area contributed by atoms with Gasteiger partial charge in [0.1, 0.15) is 5.54 Å². The largest absolute Gasteiger partial charge is 0.465 e. The molecule has 6 heteroatoms. The zero-order valence-corrected chi connectivity index (χ0v) is 13.2. The Balaban J connectivity index is 2.63. The SMILES string of the molecule is CCNC1(C(=O)OCC)CCCC(SCC(O)CO)C1. The van der Waals surface area contributed by atoms with Gasteiger partial charge in [-0.25, -0.2) is 0 Å². The van der Waals surface area contributed by atoms with Crippen LogP contribution in [-0.2, 0) is 9.53 Å². The van der Waals surface area contributed by atoms with E-state index in [4.69, 9.17) is 9.84 Å². The molecule has 0 heterocycles. The lowest BCUT2D eigenvalue weighted by Crippen LogP contribution is -2.56. The van der Waals surface area contributed by atoms with Gasteiger partial charge in [-0.15, -0.1) is 0 Å². The van der Waals surface area contributed by atoms with Gasteiger partial charge in [0.2, 0.25) is 0 Å². The topological polar surface area (TPSA) is 78.8 Å². The number of likely N-dealkylation sites (N-methyl/N-ethyl adjacent to an activating group) is 1. The Hall–Kier alpha value is -0.300. The smallest absolute Gasteiger partial charge is 0.326 e. The molecule has 0 amide bonds. The third-order valence-corrected chi connectivity index (χ3v) is 5.07. The lowest BCUT2D eigenvalue weighted by Gasteiger charge is -2.39. The van der Waals surface area contributed by atoms with E-state index in [0.29, 0.717) is 17.6 Å². The number of hydrogen-bond donors (Lipinski definition) is 3. The number of aliphatic hydroxyl groups excluding tert-OH is 2. The van der Waals surface area contributed by atoms with Crippen molar-refractivity contribution in [2.75, 3.05) is 25.5 Å². The van der Waals surface area contributed by atoms with Gasteiger partial charge in [-0.2, -0.15) is 11.8 Å². The van der Waals surface area contributed by atoms with Crippen molar-refractivity contribution in [1.82, 2.24) is 5.32 Å². The molecule has 3 N–H and O–H groups in total.